The Bertz CT molecular complexity index is 402. The normalized spacial score (nSPS) is 18.1. The number of nitrogens with two attached hydrogens (primary N) is 1. The van der Waals surface area contributed by atoms with Gasteiger partial charge >= 0.3 is 0 Å². The number of hydrogen-bond acceptors (Lipinski definition) is 4. The number of hydrogen-bond donors (Lipinski definition) is 1. The number of piperazine rings is 1. The van der Waals surface area contributed by atoms with Crippen molar-refractivity contribution in [2.75, 3.05) is 44.7 Å². The number of benzene rings is 1. The quantitative estimate of drug-likeness (QED) is 0.863. The van der Waals surface area contributed by atoms with Gasteiger partial charge in [-0.1, -0.05) is 19.1 Å². The van der Waals surface area contributed by atoms with Crippen molar-refractivity contribution in [3.63, 3.8) is 0 Å². The van der Waals surface area contributed by atoms with Crippen LogP contribution in [0.25, 0.3) is 0 Å². The van der Waals surface area contributed by atoms with Gasteiger partial charge in [0.2, 0.25) is 0 Å². The Kier molecular flexibility index (Phi) is 5.68. The van der Waals surface area contributed by atoms with Crippen molar-refractivity contribution < 1.29 is 4.74 Å². The number of para-hydroxylation sites is 2. The Hall–Kier alpha value is -1.26. The molecule has 1 unspecified atom stereocenters. The third-order valence-electron chi connectivity index (χ3n) is 4.23. The second kappa shape index (κ2) is 7.50. The zero-order valence-electron chi connectivity index (χ0n) is 12.7. The van der Waals surface area contributed by atoms with Gasteiger partial charge in [-0.3, -0.25) is 4.90 Å². The van der Waals surface area contributed by atoms with Gasteiger partial charge in [-0.15, -0.1) is 0 Å². The molecule has 0 aliphatic carbocycles. The van der Waals surface area contributed by atoms with Gasteiger partial charge in [0.15, 0.2) is 0 Å². The fourth-order valence-corrected chi connectivity index (χ4v) is 3.06. The zero-order valence-corrected chi connectivity index (χ0v) is 12.7. The van der Waals surface area contributed by atoms with E-state index in [1.54, 1.807) is 7.11 Å². The highest BCUT2D eigenvalue weighted by molar-refractivity contribution is 5.58. The minimum Gasteiger partial charge on any atom is -0.495 e. The van der Waals surface area contributed by atoms with Gasteiger partial charge in [-0.25, -0.2) is 0 Å². The van der Waals surface area contributed by atoms with E-state index in [-0.39, 0.29) is 0 Å². The predicted octanol–water partition coefficient (Wildman–Crippen LogP) is 1.94. The first-order valence-electron chi connectivity index (χ1n) is 7.62. The van der Waals surface area contributed by atoms with E-state index in [1.807, 2.05) is 12.1 Å². The highest BCUT2D eigenvalue weighted by Gasteiger charge is 2.23. The Labute approximate surface area is 122 Å². The van der Waals surface area contributed by atoms with Crippen LogP contribution in [-0.2, 0) is 0 Å². The average molecular weight is 277 g/mol. The monoisotopic (exact) mass is 277 g/mol. The third-order valence-corrected chi connectivity index (χ3v) is 4.23. The van der Waals surface area contributed by atoms with Crippen molar-refractivity contribution in [1.29, 1.82) is 0 Å². The predicted molar refractivity (Wildman–Crippen MR) is 84.5 cm³/mol. The number of methoxy groups -OCH3 is 1. The largest absolute Gasteiger partial charge is 0.495 e. The van der Waals surface area contributed by atoms with Crippen molar-refractivity contribution in [3.05, 3.63) is 24.3 Å². The molecule has 112 valence electrons. The molecule has 0 saturated carbocycles. The molecule has 4 heteroatoms. The lowest BCUT2D eigenvalue weighted by Crippen LogP contribution is -2.50. The zero-order chi connectivity index (χ0) is 14.4. The summed E-state index contributed by atoms with van der Waals surface area (Å²) in [5.41, 5.74) is 6.92. The minimum absolute atomic E-state index is 0.639. The molecule has 1 aromatic rings. The molecule has 0 spiro atoms. The highest BCUT2D eigenvalue weighted by Crippen LogP contribution is 2.28. The van der Waals surface area contributed by atoms with Crippen LogP contribution in [0.1, 0.15) is 19.8 Å². The van der Waals surface area contributed by atoms with Crippen LogP contribution in [0, 0.1) is 0 Å². The molecule has 1 saturated heterocycles. The van der Waals surface area contributed by atoms with Gasteiger partial charge in [0.1, 0.15) is 5.75 Å². The average Bonchev–Trinajstić information content (AvgIpc) is 2.53. The summed E-state index contributed by atoms with van der Waals surface area (Å²) in [5, 5.41) is 0. The van der Waals surface area contributed by atoms with E-state index >= 15 is 0 Å². The van der Waals surface area contributed by atoms with E-state index in [4.69, 9.17) is 10.5 Å². The maximum Gasteiger partial charge on any atom is 0.142 e. The molecular weight excluding hydrogens is 250 g/mol. The lowest BCUT2D eigenvalue weighted by Gasteiger charge is -2.40. The van der Waals surface area contributed by atoms with Gasteiger partial charge in [0, 0.05) is 32.2 Å². The van der Waals surface area contributed by atoms with Gasteiger partial charge in [-0.05, 0) is 31.5 Å². The SMILES string of the molecule is CCC(CCN)N1CCN(c2ccccc2OC)CC1. The standard InChI is InChI=1S/C16H27N3O/c1-3-14(8-9-17)18-10-12-19(13-11-18)15-6-4-5-7-16(15)20-2/h4-7,14H,3,8-13,17H2,1-2H3. The van der Waals surface area contributed by atoms with E-state index < -0.39 is 0 Å². The van der Waals surface area contributed by atoms with Crippen molar-refractivity contribution in [1.82, 2.24) is 4.90 Å². The second-order valence-corrected chi connectivity index (χ2v) is 5.33. The molecule has 2 N–H and O–H groups in total. The molecule has 0 bridgehead atoms. The van der Waals surface area contributed by atoms with Crippen molar-refractivity contribution in [2.24, 2.45) is 5.73 Å². The topological polar surface area (TPSA) is 41.7 Å². The molecule has 2 rings (SSSR count). The first kappa shape index (κ1) is 15.1. The molecule has 1 atom stereocenters. The van der Waals surface area contributed by atoms with Crippen molar-refractivity contribution in [2.45, 2.75) is 25.8 Å². The van der Waals surface area contributed by atoms with Crippen LogP contribution < -0.4 is 15.4 Å². The van der Waals surface area contributed by atoms with Gasteiger partial charge in [0.25, 0.3) is 0 Å². The number of anilines is 1. The molecule has 1 aromatic carbocycles. The summed E-state index contributed by atoms with van der Waals surface area (Å²) in [6.07, 6.45) is 2.29. The molecule has 0 aromatic heterocycles. The van der Waals surface area contributed by atoms with Crippen LogP contribution in [0.4, 0.5) is 5.69 Å². The highest BCUT2D eigenvalue weighted by atomic mass is 16.5. The lowest BCUT2D eigenvalue weighted by molar-refractivity contribution is 0.173. The molecule has 0 amide bonds. The summed E-state index contributed by atoms with van der Waals surface area (Å²) < 4.78 is 5.46. The molecule has 1 heterocycles. The van der Waals surface area contributed by atoms with Crippen molar-refractivity contribution in [3.8, 4) is 5.75 Å². The number of ether oxygens (including phenoxy) is 1. The number of rotatable bonds is 6. The first-order valence-corrected chi connectivity index (χ1v) is 7.62. The van der Waals surface area contributed by atoms with Crippen LogP contribution >= 0.6 is 0 Å². The number of nitrogens with zero attached hydrogens (tertiary/aromatic N) is 2. The fourth-order valence-electron chi connectivity index (χ4n) is 3.06. The molecule has 1 aliphatic rings. The second-order valence-electron chi connectivity index (χ2n) is 5.33. The Morgan fingerprint density at radius 3 is 2.50 bits per heavy atom. The summed E-state index contributed by atoms with van der Waals surface area (Å²) in [6, 6.07) is 8.91. The third kappa shape index (κ3) is 3.44. The molecule has 0 radical (unpaired) electrons. The molecule has 1 fully saturated rings. The van der Waals surface area contributed by atoms with Crippen LogP contribution in [0.2, 0.25) is 0 Å². The molecule has 20 heavy (non-hydrogen) atoms. The van der Waals surface area contributed by atoms with Gasteiger partial charge < -0.3 is 15.4 Å². The van der Waals surface area contributed by atoms with Crippen molar-refractivity contribution >= 4 is 5.69 Å². The fraction of sp³-hybridized carbons (Fsp3) is 0.625. The Morgan fingerprint density at radius 2 is 1.90 bits per heavy atom. The van der Waals surface area contributed by atoms with Crippen LogP contribution in [0.3, 0.4) is 0 Å². The van der Waals surface area contributed by atoms with E-state index in [0.717, 1.165) is 44.9 Å². The van der Waals surface area contributed by atoms with E-state index in [2.05, 4.69) is 28.9 Å². The lowest BCUT2D eigenvalue weighted by atomic mass is 10.1. The van der Waals surface area contributed by atoms with E-state index in [1.165, 1.54) is 12.1 Å². The van der Waals surface area contributed by atoms with Gasteiger partial charge in [-0.2, -0.15) is 0 Å². The molecule has 1 aliphatic heterocycles. The summed E-state index contributed by atoms with van der Waals surface area (Å²) in [4.78, 5) is 5.00. The Balaban J connectivity index is 1.97. The van der Waals surface area contributed by atoms with Gasteiger partial charge in [0.05, 0.1) is 12.8 Å². The Morgan fingerprint density at radius 1 is 1.20 bits per heavy atom. The summed E-state index contributed by atoms with van der Waals surface area (Å²) in [5.74, 6) is 0.968. The maximum absolute atomic E-state index is 5.71. The van der Waals surface area contributed by atoms with Crippen LogP contribution in [0.15, 0.2) is 24.3 Å². The van der Waals surface area contributed by atoms with Crippen LogP contribution in [0.5, 0.6) is 5.75 Å². The summed E-state index contributed by atoms with van der Waals surface area (Å²) >= 11 is 0. The summed E-state index contributed by atoms with van der Waals surface area (Å²) in [6.45, 7) is 7.37. The molecular formula is C16H27N3O. The first-order chi connectivity index (χ1) is 9.80. The summed E-state index contributed by atoms with van der Waals surface area (Å²) in [7, 11) is 1.74. The van der Waals surface area contributed by atoms with Crippen LogP contribution in [-0.4, -0.2) is 50.8 Å². The van der Waals surface area contributed by atoms with E-state index in [0.29, 0.717) is 6.04 Å². The van der Waals surface area contributed by atoms with E-state index in [9.17, 15) is 0 Å². The molecule has 4 nitrogen and oxygen atoms in total. The minimum atomic E-state index is 0.639. The smallest absolute Gasteiger partial charge is 0.142 e. The maximum atomic E-state index is 5.71.